The van der Waals surface area contributed by atoms with Crippen LogP contribution in [0.15, 0.2) is 53.3 Å². The fraction of sp³-hybridized carbons (Fsp3) is 0.167. The Bertz CT molecular complexity index is 898. The summed E-state index contributed by atoms with van der Waals surface area (Å²) < 4.78 is 0. The molecule has 2 N–H and O–H groups in total. The molecule has 0 radical (unpaired) electrons. The van der Waals surface area contributed by atoms with E-state index in [1.807, 2.05) is 43.3 Å². The Morgan fingerprint density at radius 3 is 2.52 bits per heavy atom. The number of aryl methyl sites for hydroxylation is 1. The van der Waals surface area contributed by atoms with Crippen molar-refractivity contribution in [1.82, 2.24) is 15.5 Å². The van der Waals surface area contributed by atoms with Gasteiger partial charge in [-0.3, -0.25) is 9.59 Å². The molecule has 3 rings (SSSR count). The van der Waals surface area contributed by atoms with Crippen LogP contribution in [0.4, 0.5) is 0 Å². The maximum absolute atomic E-state index is 12.1. The summed E-state index contributed by atoms with van der Waals surface area (Å²) in [6.07, 6.45) is 0.321. The molecule has 0 spiro atoms. The molecule has 116 valence electrons. The van der Waals surface area contributed by atoms with Crippen LogP contribution in [-0.4, -0.2) is 16.1 Å². The van der Waals surface area contributed by atoms with Crippen molar-refractivity contribution in [3.63, 3.8) is 0 Å². The summed E-state index contributed by atoms with van der Waals surface area (Å²) in [6, 6.07) is 15.1. The third-order valence-electron chi connectivity index (χ3n) is 3.71. The van der Waals surface area contributed by atoms with Crippen molar-refractivity contribution in [1.29, 1.82) is 0 Å². The standard InChI is InChI=1S/C18H17N3O2/c1-12-6-8-13(9-7-12)10-17(22)19-11-16-14-4-2-3-5-15(14)18(23)21-20-16/h2-9H,10-11H2,1H3,(H,19,22)(H,21,23). The summed E-state index contributed by atoms with van der Waals surface area (Å²) in [6.45, 7) is 2.29. The Morgan fingerprint density at radius 2 is 1.78 bits per heavy atom. The van der Waals surface area contributed by atoms with Gasteiger partial charge in [-0.1, -0.05) is 48.0 Å². The maximum Gasteiger partial charge on any atom is 0.272 e. The lowest BCUT2D eigenvalue weighted by molar-refractivity contribution is -0.120. The summed E-state index contributed by atoms with van der Waals surface area (Å²) >= 11 is 0. The van der Waals surface area contributed by atoms with Gasteiger partial charge in [0.1, 0.15) is 0 Å². The number of hydrogen-bond donors (Lipinski definition) is 2. The Balaban J connectivity index is 1.71. The van der Waals surface area contributed by atoms with Gasteiger partial charge >= 0.3 is 0 Å². The van der Waals surface area contributed by atoms with Crippen LogP contribution in [-0.2, 0) is 17.8 Å². The van der Waals surface area contributed by atoms with E-state index >= 15 is 0 Å². The lowest BCUT2D eigenvalue weighted by Gasteiger charge is -2.07. The molecule has 0 aliphatic rings. The van der Waals surface area contributed by atoms with Crippen molar-refractivity contribution < 1.29 is 4.79 Å². The Kier molecular flexibility index (Phi) is 4.19. The van der Waals surface area contributed by atoms with Gasteiger partial charge in [0, 0.05) is 5.39 Å². The van der Waals surface area contributed by atoms with Gasteiger partial charge in [0.2, 0.25) is 5.91 Å². The minimum atomic E-state index is -0.227. The molecule has 0 aliphatic heterocycles. The van der Waals surface area contributed by atoms with E-state index in [2.05, 4.69) is 15.5 Å². The Morgan fingerprint density at radius 1 is 1.09 bits per heavy atom. The van der Waals surface area contributed by atoms with Gasteiger partial charge in [-0.2, -0.15) is 5.10 Å². The molecule has 0 bridgehead atoms. The number of carbonyl (C=O) groups excluding carboxylic acids is 1. The number of aromatic amines is 1. The van der Waals surface area contributed by atoms with Crippen LogP contribution in [0.25, 0.3) is 10.8 Å². The zero-order valence-electron chi connectivity index (χ0n) is 12.8. The number of fused-ring (bicyclic) bond motifs is 1. The SMILES string of the molecule is Cc1ccc(CC(=O)NCc2n[nH]c(=O)c3ccccc23)cc1. The van der Waals surface area contributed by atoms with Gasteiger partial charge in [0.25, 0.3) is 5.56 Å². The number of nitrogens with one attached hydrogen (secondary N) is 2. The second-order valence-corrected chi connectivity index (χ2v) is 5.48. The van der Waals surface area contributed by atoms with Gasteiger partial charge in [-0.05, 0) is 18.6 Å². The van der Waals surface area contributed by atoms with Crippen molar-refractivity contribution in [3.05, 3.63) is 75.7 Å². The summed E-state index contributed by atoms with van der Waals surface area (Å²) in [5, 5.41) is 10.7. The highest BCUT2D eigenvalue weighted by Gasteiger charge is 2.08. The predicted molar refractivity (Wildman–Crippen MR) is 89.1 cm³/mol. The number of carbonyl (C=O) groups is 1. The molecule has 5 nitrogen and oxygen atoms in total. The molecule has 0 aliphatic carbocycles. The van der Waals surface area contributed by atoms with Gasteiger partial charge in [0.05, 0.1) is 24.0 Å². The second kappa shape index (κ2) is 6.44. The highest BCUT2D eigenvalue weighted by molar-refractivity contribution is 5.84. The third kappa shape index (κ3) is 3.45. The molecular weight excluding hydrogens is 290 g/mol. The van der Waals surface area contributed by atoms with Crippen molar-refractivity contribution in [3.8, 4) is 0 Å². The molecule has 5 heteroatoms. The summed E-state index contributed by atoms with van der Waals surface area (Å²) in [4.78, 5) is 23.8. The molecule has 0 fully saturated rings. The van der Waals surface area contributed by atoms with Crippen LogP contribution < -0.4 is 10.9 Å². The fourth-order valence-corrected chi connectivity index (χ4v) is 2.44. The molecule has 1 amide bonds. The molecule has 0 atom stereocenters. The van der Waals surface area contributed by atoms with Crippen molar-refractivity contribution in [2.24, 2.45) is 0 Å². The van der Waals surface area contributed by atoms with Crippen LogP contribution in [0.3, 0.4) is 0 Å². The molecule has 0 saturated heterocycles. The summed E-state index contributed by atoms with van der Waals surface area (Å²) in [7, 11) is 0. The largest absolute Gasteiger partial charge is 0.350 e. The normalized spacial score (nSPS) is 10.7. The number of rotatable bonds is 4. The number of nitrogens with zero attached hydrogens (tertiary/aromatic N) is 1. The topological polar surface area (TPSA) is 74.8 Å². The maximum atomic E-state index is 12.1. The average Bonchev–Trinajstić information content (AvgIpc) is 2.57. The van der Waals surface area contributed by atoms with E-state index in [-0.39, 0.29) is 18.0 Å². The first-order chi connectivity index (χ1) is 11.1. The highest BCUT2D eigenvalue weighted by Crippen LogP contribution is 2.12. The monoisotopic (exact) mass is 307 g/mol. The molecular formula is C18H17N3O2. The number of aromatic nitrogens is 2. The van der Waals surface area contributed by atoms with E-state index in [1.54, 1.807) is 12.1 Å². The van der Waals surface area contributed by atoms with Crippen LogP contribution in [0.5, 0.6) is 0 Å². The zero-order chi connectivity index (χ0) is 16.2. The number of hydrogen-bond acceptors (Lipinski definition) is 3. The van der Waals surface area contributed by atoms with E-state index in [9.17, 15) is 9.59 Å². The number of benzene rings is 2. The zero-order valence-corrected chi connectivity index (χ0v) is 12.8. The van der Waals surface area contributed by atoms with Gasteiger partial charge in [-0.15, -0.1) is 0 Å². The quantitative estimate of drug-likeness (QED) is 0.775. The van der Waals surface area contributed by atoms with Gasteiger partial charge < -0.3 is 5.32 Å². The Hall–Kier alpha value is -2.95. The molecule has 1 heterocycles. The molecule has 23 heavy (non-hydrogen) atoms. The summed E-state index contributed by atoms with van der Waals surface area (Å²) in [5.74, 6) is -0.0778. The molecule has 2 aromatic carbocycles. The first-order valence-corrected chi connectivity index (χ1v) is 7.42. The highest BCUT2D eigenvalue weighted by atomic mass is 16.1. The van der Waals surface area contributed by atoms with E-state index < -0.39 is 0 Å². The van der Waals surface area contributed by atoms with E-state index in [4.69, 9.17) is 0 Å². The van der Waals surface area contributed by atoms with E-state index in [1.165, 1.54) is 0 Å². The molecule has 0 saturated carbocycles. The fourth-order valence-electron chi connectivity index (χ4n) is 2.44. The molecule has 1 aromatic heterocycles. The van der Waals surface area contributed by atoms with E-state index in [0.717, 1.165) is 16.5 Å². The van der Waals surface area contributed by atoms with E-state index in [0.29, 0.717) is 17.5 Å². The van der Waals surface area contributed by atoms with Crippen LogP contribution in [0, 0.1) is 6.92 Å². The smallest absolute Gasteiger partial charge is 0.272 e. The second-order valence-electron chi connectivity index (χ2n) is 5.48. The predicted octanol–water partition coefficient (Wildman–Crippen LogP) is 2.09. The van der Waals surface area contributed by atoms with Crippen LogP contribution in [0.1, 0.15) is 16.8 Å². The Labute approximate surface area is 133 Å². The molecule has 3 aromatic rings. The first-order valence-electron chi connectivity index (χ1n) is 7.42. The number of amides is 1. The van der Waals surface area contributed by atoms with Gasteiger partial charge in [-0.25, -0.2) is 5.10 Å². The van der Waals surface area contributed by atoms with Crippen molar-refractivity contribution in [2.45, 2.75) is 19.9 Å². The number of H-pyrrole nitrogens is 1. The first kappa shape index (κ1) is 15.0. The third-order valence-corrected chi connectivity index (χ3v) is 3.71. The van der Waals surface area contributed by atoms with Crippen molar-refractivity contribution in [2.75, 3.05) is 0 Å². The lowest BCUT2D eigenvalue weighted by Crippen LogP contribution is -2.26. The average molecular weight is 307 g/mol. The minimum Gasteiger partial charge on any atom is -0.350 e. The van der Waals surface area contributed by atoms with Crippen LogP contribution in [0.2, 0.25) is 0 Å². The van der Waals surface area contributed by atoms with Crippen molar-refractivity contribution >= 4 is 16.7 Å². The summed E-state index contributed by atoms with van der Waals surface area (Å²) in [5.41, 5.74) is 2.55. The van der Waals surface area contributed by atoms with Gasteiger partial charge in [0.15, 0.2) is 0 Å². The molecule has 0 unspecified atom stereocenters. The van der Waals surface area contributed by atoms with Crippen LogP contribution >= 0.6 is 0 Å². The lowest BCUT2D eigenvalue weighted by atomic mass is 10.1. The minimum absolute atomic E-state index is 0.0778.